The van der Waals surface area contributed by atoms with Crippen LogP contribution in [0.3, 0.4) is 0 Å². The Hall–Kier alpha value is 1.99. The first-order valence-corrected chi connectivity index (χ1v) is 2.10. The van der Waals surface area contributed by atoms with E-state index in [1.54, 1.807) is 0 Å². The zero-order chi connectivity index (χ0) is 4.50. The summed E-state index contributed by atoms with van der Waals surface area (Å²) in [6.45, 7) is 0. The molecule has 0 unspecified atom stereocenters. The van der Waals surface area contributed by atoms with Crippen molar-refractivity contribution in [2.24, 2.45) is 0 Å². The zero-order valence-electron chi connectivity index (χ0n) is 5.18. The molecule has 0 atom stereocenters. The quantitative estimate of drug-likeness (QED) is 0.286. The van der Waals surface area contributed by atoms with E-state index in [0.717, 1.165) is 0 Å². The van der Waals surface area contributed by atoms with E-state index in [2.05, 4.69) is 0 Å². The molecule has 0 aromatic rings. The Bertz CT molecular complexity index is 104. The Labute approximate surface area is 102 Å². The Morgan fingerprint density at radius 3 is 1.25 bits per heavy atom. The molecule has 0 saturated heterocycles. The molecule has 0 aromatic carbocycles. The number of rotatable bonds is 0. The molecule has 8 heteroatoms. The summed E-state index contributed by atoms with van der Waals surface area (Å²) in [7, 11) is -4.67. The van der Waals surface area contributed by atoms with Crippen LogP contribution in [0.15, 0.2) is 0 Å². The van der Waals surface area contributed by atoms with Gasteiger partial charge < -0.3 is 7.58 Å². The van der Waals surface area contributed by atoms with Crippen LogP contribution in [-0.2, 0) is 27.5 Å². The topological polar surface area (TPSA) is 110 Å². The Balaban J connectivity index is -0.0000000133. The van der Waals surface area contributed by atoms with Crippen molar-refractivity contribution in [3.05, 3.63) is 0 Å². The molecule has 0 aliphatic rings. The van der Waals surface area contributed by atoms with E-state index in [9.17, 15) is 0 Å². The van der Waals surface area contributed by atoms with E-state index in [1.807, 2.05) is 0 Å². The Morgan fingerprint density at radius 2 is 1.25 bits per heavy atom. The van der Waals surface area contributed by atoms with Crippen LogP contribution in [0.4, 0.5) is 0 Å². The third-order valence-corrected chi connectivity index (χ3v) is 0. The monoisotopic (exact) mass is 211 g/mol. The van der Waals surface area contributed by atoms with Crippen LogP contribution in [-0.4, -0.2) is 17.5 Å². The predicted molar refractivity (Wildman–Crippen MR) is 20.3 cm³/mol. The van der Waals surface area contributed by atoms with E-state index in [-0.39, 0.29) is 76.0 Å². The molecule has 50 valence electrons. The van der Waals surface area contributed by atoms with E-state index >= 15 is 0 Å². The molecular weight excluding hydrogens is 205 g/mol. The Kier molecular flexibility index (Phi) is 25.3. The fraction of sp³-hybridized carbons (Fsp3) is 0. The van der Waals surface area contributed by atoms with Gasteiger partial charge in [-0.25, -0.2) is 0 Å². The summed E-state index contributed by atoms with van der Waals surface area (Å²) < 4.78 is 31.6. The summed E-state index contributed by atoms with van der Waals surface area (Å²) >= 11 is 0. The van der Waals surface area contributed by atoms with Crippen LogP contribution in [0.1, 0.15) is 1.43 Å². The van der Waals surface area contributed by atoms with Crippen LogP contribution >= 0.6 is 0 Å². The summed E-state index contributed by atoms with van der Waals surface area (Å²) in [5.74, 6) is 0. The summed E-state index contributed by atoms with van der Waals surface area (Å²) in [5.41, 5.74) is 0. The van der Waals surface area contributed by atoms with Crippen molar-refractivity contribution in [2.75, 3.05) is 0 Å². The molecule has 0 aliphatic heterocycles. The minimum absolute atomic E-state index is 0. The maximum Gasteiger partial charge on any atom is 1.00 e. The van der Waals surface area contributed by atoms with Gasteiger partial charge in [0.05, 0.1) is 0 Å². The number of hydrogen-bond acceptors (Lipinski definition) is 3. The summed E-state index contributed by atoms with van der Waals surface area (Å²) in [6.07, 6.45) is 0. The molecule has 0 bridgehead atoms. The largest absolute Gasteiger partial charge is 1.00 e. The van der Waals surface area contributed by atoms with Gasteiger partial charge in [-0.15, -0.1) is 0 Å². The minimum atomic E-state index is -4.67. The predicted octanol–water partition coefficient (Wildman–Crippen LogP) is -3.38. The van der Waals surface area contributed by atoms with E-state index in [1.165, 1.54) is 0 Å². The number of hydrogen-bond donors (Lipinski definition) is 3. The molecule has 0 aromatic heterocycles. The van der Waals surface area contributed by atoms with Gasteiger partial charge in [0.2, 0.25) is 0 Å². The van der Waals surface area contributed by atoms with Crippen LogP contribution < -0.4 is 57.5 Å². The van der Waals surface area contributed by atoms with Crippen LogP contribution in [0.5, 0.6) is 0 Å². The smallest absolute Gasteiger partial charge is 1.00 e. The van der Waals surface area contributed by atoms with Gasteiger partial charge in [-0.2, -0.15) is 8.42 Å². The molecule has 0 saturated carbocycles. The normalized spacial score (nSPS) is 7.25. The van der Waals surface area contributed by atoms with Gasteiger partial charge in [-0.1, -0.05) is 0 Å². The van der Waals surface area contributed by atoms with Crippen LogP contribution in [0, 0.1) is 0 Å². The molecule has 0 radical (unpaired) electrons. The van der Waals surface area contributed by atoms with Gasteiger partial charge in [0, 0.05) is 17.1 Å². The maximum atomic E-state index is 8.74. The minimum Gasteiger partial charge on any atom is -1.00 e. The first-order chi connectivity index (χ1) is 2.00. The van der Waals surface area contributed by atoms with Crippen LogP contribution in [0.25, 0.3) is 0 Å². The van der Waals surface area contributed by atoms with Gasteiger partial charge in [-0.3, -0.25) is 9.11 Å². The van der Waals surface area contributed by atoms with Crippen molar-refractivity contribution in [3.8, 4) is 0 Å². The molecule has 0 amide bonds. The fourth-order valence-electron chi connectivity index (χ4n) is 0. The molecule has 0 fully saturated rings. The third kappa shape index (κ3) is 98.8. The Morgan fingerprint density at radius 1 is 1.25 bits per heavy atom. The van der Waals surface area contributed by atoms with Gasteiger partial charge in [0.1, 0.15) is 0 Å². The van der Waals surface area contributed by atoms with Gasteiger partial charge in [-0.05, 0) is 0 Å². The van der Waals surface area contributed by atoms with Crippen molar-refractivity contribution < 1.29 is 87.4 Å². The molecule has 0 rings (SSSR count). The molecular formula is H6FeKNO4S. The van der Waals surface area contributed by atoms with Crippen molar-refractivity contribution in [2.45, 2.75) is 0 Å². The van der Waals surface area contributed by atoms with Gasteiger partial charge in [0.15, 0.2) is 0 Å². The molecule has 0 spiro atoms. The van der Waals surface area contributed by atoms with Crippen molar-refractivity contribution in [1.29, 1.82) is 0 Å². The first-order valence-electron chi connectivity index (χ1n) is 0.698. The first kappa shape index (κ1) is 22.5. The average Bonchev–Trinajstić information content (AvgIpc) is 0.722. The van der Waals surface area contributed by atoms with E-state index in [4.69, 9.17) is 17.5 Å². The van der Waals surface area contributed by atoms with E-state index < -0.39 is 10.4 Å². The SMILES string of the molecule is N.O=S(=O)(O)O.[Fe].[H-].[K+]. The second-order valence-electron chi connectivity index (χ2n) is 0.448. The maximum absolute atomic E-state index is 8.74. The zero-order valence-corrected chi connectivity index (χ0v) is 9.22. The van der Waals surface area contributed by atoms with Gasteiger partial charge >= 0.3 is 61.8 Å². The standard InChI is InChI=1S/Fe.K.H3N.H2O4S.H/c;;;1-5(2,3)4;/h;;1H3;(H2,1,2,3,4);/q;+1;;;-1. The van der Waals surface area contributed by atoms with Crippen LogP contribution in [0.2, 0.25) is 0 Å². The summed E-state index contributed by atoms with van der Waals surface area (Å²) in [4.78, 5) is 0. The average molecular weight is 211 g/mol. The second-order valence-corrected chi connectivity index (χ2v) is 1.34. The van der Waals surface area contributed by atoms with E-state index in [0.29, 0.717) is 0 Å². The van der Waals surface area contributed by atoms with Crippen molar-refractivity contribution >= 4 is 10.4 Å². The molecule has 0 aliphatic carbocycles. The molecule has 0 heterocycles. The third-order valence-electron chi connectivity index (χ3n) is 0. The molecule has 5 N–H and O–H groups in total. The second kappa shape index (κ2) is 8.99. The molecule has 8 heavy (non-hydrogen) atoms. The summed E-state index contributed by atoms with van der Waals surface area (Å²) in [6, 6.07) is 0. The van der Waals surface area contributed by atoms with Gasteiger partial charge in [0.25, 0.3) is 0 Å². The molecule has 5 nitrogen and oxygen atoms in total. The summed E-state index contributed by atoms with van der Waals surface area (Å²) in [5, 5.41) is 0. The van der Waals surface area contributed by atoms with Crippen molar-refractivity contribution in [1.82, 2.24) is 6.15 Å². The fourth-order valence-corrected chi connectivity index (χ4v) is 0. The van der Waals surface area contributed by atoms with Crippen molar-refractivity contribution in [3.63, 3.8) is 0 Å².